The number of carbonyl (C=O) groups is 4. The maximum atomic E-state index is 13.9. The summed E-state index contributed by atoms with van der Waals surface area (Å²) in [5, 5.41) is 3.29. The standard InChI is InChI=1S/C54H104N2O7/c1-8-14-35-48(12-5)46-63-53(59)41-32-26-19-17-23-29-38-50(37-28-22-16-18-25-31-40-52(58)62-45-47(10-3)11-4)56(43-34-42-55-7)51(57)39-30-24-20-21-27-33-44-61-54(60)49(13-6)36-15-9-2/h47-50,55H,8-46H2,1-7H3. The number of hydrogen-bond donors (Lipinski definition) is 1. The van der Waals surface area contributed by atoms with E-state index in [4.69, 9.17) is 14.2 Å². The fourth-order valence-corrected chi connectivity index (χ4v) is 8.55. The number of rotatable bonds is 47. The Morgan fingerprint density at radius 3 is 1.41 bits per heavy atom. The lowest BCUT2D eigenvalue weighted by Crippen LogP contribution is -2.41. The number of ether oxygens (including phenoxy) is 3. The van der Waals surface area contributed by atoms with Crippen molar-refractivity contribution >= 4 is 23.8 Å². The number of unbranched alkanes of at least 4 members (excludes halogenated alkanes) is 17. The Hall–Kier alpha value is -2.16. The van der Waals surface area contributed by atoms with E-state index in [1.165, 1.54) is 12.8 Å². The average molecular weight is 893 g/mol. The summed E-state index contributed by atoms with van der Waals surface area (Å²) in [4.78, 5) is 53.1. The molecule has 0 fully saturated rings. The highest BCUT2D eigenvalue weighted by molar-refractivity contribution is 5.76. The van der Waals surface area contributed by atoms with Crippen molar-refractivity contribution in [3.8, 4) is 0 Å². The van der Waals surface area contributed by atoms with Crippen LogP contribution in [0.15, 0.2) is 0 Å². The maximum absolute atomic E-state index is 13.9. The predicted molar refractivity (Wildman–Crippen MR) is 264 cm³/mol. The van der Waals surface area contributed by atoms with Gasteiger partial charge in [-0.15, -0.1) is 0 Å². The van der Waals surface area contributed by atoms with E-state index in [-0.39, 0.29) is 29.9 Å². The van der Waals surface area contributed by atoms with Crippen molar-refractivity contribution in [3.63, 3.8) is 0 Å². The normalized spacial score (nSPS) is 12.9. The lowest BCUT2D eigenvalue weighted by atomic mass is 9.97. The Labute approximate surface area is 389 Å². The van der Waals surface area contributed by atoms with Crippen molar-refractivity contribution in [2.75, 3.05) is 40.0 Å². The summed E-state index contributed by atoms with van der Waals surface area (Å²) in [6.07, 6.45) is 34.6. The van der Waals surface area contributed by atoms with Crippen LogP contribution in [0.4, 0.5) is 0 Å². The van der Waals surface area contributed by atoms with Crippen molar-refractivity contribution in [2.24, 2.45) is 17.8 Å². The van der Waals surface area contributed by atoms with Crippen molar-refractivity contribution < 1.29 is 33.4 Å². The molecule has 0 radical (unpaired) electrons. The Morgan fingerprint density at radius 1 is 0.460 bits per heavy atom. The maximum Gasteiger partial charge on any atom is 0.308 e. The van der Waals surface area contributed by atoms with Crippen molar-refractivity contribution in [3.05, 3.63) is 0 Å². The minimum Gasteiger partial charge on any atom is -0.465 e. The molecule has 0 aliphatic rings. The summed E-state index contributed by atoms with van der Waals surface area (Å²) in [5.41, 5.74) is 0. The highest BCUT2D eigenvalue weighted by Gasteiger charge is 2.23. The summed E-state index contributed by atoms with van der Waals surface area (Å²) in [5.74, 6) is 1.21. The molecular formula is C54H104N2O7. The minimum atomic E-state index is -0.0521. The van der Waals surface area contributed by atoms with Crippen molar-refractivity contribution in [1.82, 2.24) is 10.2 Å². The first-order chi connectivity index (χ1) is 30.7. The van der Waals surface area contributed by atoms with Gasteiger partial charge in [0.15, 0.2) is 0 Å². The fourth-order valence-electron chi connectivity index (χ4n) is 8.55. The molecule has 63 heavy (non-hydrogen) atoms. The molecule has 1 N–H and O–H groups in total. The van der Waals surface area contributed by atoms with Crippen LogP contribution in [0.2, 0.25) is 0 Å². The fraction of sp³-hybridized carbons (Fsp3) is 0.926. The molecule has 0 spiro atoms. The summed E-state index contributed by atoms with van der Waals surface area (Å²) < 4.78 is 16.7. The molecule has 0 saturated heterocycles. The minimum absolute atomic E-state index is 0.0235. The number of nitrogens with zero attached hydrogens (tertiary/aromatic N) is 1. The number of hydrogen-bond acceptors (Lipinski definition) is 8. The third-order valence-electron chi connectivity index (χ3n) is 13.3. The lowest BCUT2D eigenvalue weighted by Gasteiger charge is -2.33. The van der Waals surface area contributed by atoms with E-state index in [1.807, 2.05) is 7.05 Å². The van der Waals surface area contributed by atoms with Gasteiger partial charge in [0, 0.05) is 31.8 Å². The molecule has 0 aromatic rings. The molecule has 0 heterocycles. The quantitative estimate of drug-likeness (QED) is 0.0365. The van der Waals surface area contributed by atoms with Crippen LogP contribution in [-0.2, 0) is 33.4 Å². The summed E-state index contributed by atoms with van der Waals surface area (Å²) in [6, 6.07) is 0.273. The first-order valence-electron chi connectivity index (χ1n) is 27.1. The monoisotopic (exact) mass is 893 g/mol. The van der Waals surface area contributed by atoms with Gasteiger partial charge in [-0.1, -0.05) is 176 Å². The van der Waals surface area contributed by atoms with Gasteiger partial charge in [0.1, 0.15) is 0 Å². The van der Waals surface area contributed by atoms with Gasteiger partial charge in [-0.05, 0) is 89.6 Å². The highest BCUT2D eigenvalue weighted by Crippen LogP contribution is 2.22. The molecule has 9 heteroatoms. The Morgan fingerprint density at radius 2 is 0.921 bits per heavy atom. The molecule has 0 aliphatic carbocycles. The second-order valence-electron chi connectivity index (χ2n) is 18.8. The molecule has 0 rings (SSSR count). The molecule has 3 unspecified atom stereocenters. The van der Waals surface area contributed by atoms with Crippen LogP contribution in [-0.4, -0.2) is 74.7 Å². The Bertz CT molecular complexity index is 1070. The second-order valence-corrected chi connectivity index (χ2v) is 18.8. The van der Waals surface area contributed by atoms with Crippen LogP contribution in [0.5, 0.6) is 0 Å². The third-order valence-corrected chi connectivity index (χ3v) is 13.3. The van der Waals surface area contributed by atoms with Crippen LogP contribution < -0.4 is 5.32 Å². The van der Waals surface area contributed by atoms with Gasteiger partial charge in [0.05, 0.1) is 25.7 Å². The number of amides is 1. The first kappa shape index (κ1) is 60.8. The van der Waals surface area contributed by atoms with Gasteiger partial charge < -0.3 is 24.4 Å². The van der Waals surface area contributed by atoms with Gasteiger partial charge in [-0.3, -0.25) is 19.2 Å². The zero-order valence-electron chi connectivity index (χ0n) is 42.7. The van der Waals surface area contributed by atoms with Crippen LogP contribution in [0.3, 0.4) is 0 Å². The van der Waals surface area contributed by atoms with Crippen LogP contribution >= 0.6 is 0 Å². The van der Waals surface area contributed by atoms with Gasteiger partial charge in [0.2, 0.25) is 5.91 Å². The van der Waals surface area contributed by atoms with Gasteiger partial charge >= 0.3 is 17.9 Å². The molecule has 0 saturated carbocycles. The van der Waals surface area contributed by atoms with E-state index < -0.39 is 0 Å². The molecule has 0 bridgehead atoms. The molecule has 0 aromatic heterocycles. The summed E-state index contributed by atoms with van der Waals surface area (Å²) in [6.45, 7) is 16.3. The van der Waals surface area contributed by atoms with E-state index in [2.05, 4.69) is 51.8 Å². The Kier molecular flexibility index (Phi) is 43.5. The zero-order chi connectivity index (χ0) is 46.6. The SMILES string of the molecule is CCCCC(CC)COC(=O)CCCCCCCCC(CCCCCCCCC(=O)OCC(CC)CC)N(CCCNC)C(=O)CCCCCCCCOC(=O)C(CC)CCCC. The van der Waals surface area contributed by atoms with E-state index in [0.717, 1.165) is 199 Å². The second kappa shape index (κ2) is 45.0. The summed E-state index contributed by atoms with van der Waals surface area (Å²) in [7, 11) is 1.99. The number of carbonyl (C=O) groups excluding carboxylic acids is 4. The first-order valence-corrected chi connectivity index (χ1v) is 27.1. The van der Waals surface area contributed by atoms with E-state index in [0.29, 0.717) is 56.8 Å². The summed E-state index contributed by atoms with van der Waals surface area (Å²) >= 11 is 0. The van der Waals surface area contributed by atoms with Gasteiger partial charge in [-0.25, -0.2) is 0 Å². The van der Waals surface area contributed by atoms with Crippen LogP contribution in [0.25, 0.3) is 0 Å². The topological polar surface area (TPSA) is 111 Å². The smallest absolute Gasteiger partial charge is 0.308 e. The van der Waals surface area contributed by atoms with Crippen LogP contribution in [0.1, 0.15) is 260 Å². The van der Waals surface area contributed by atoms with E-state index >= 15 is 0 Å². The molecule has 0 aliphatic heterocycles. The molecule has 0 aromatic carbocycles. The van der Waals surface area contributed by atoms with Gasteiger partial charge in [0.25, 0.3) is 0 Å². The van der Waals surface area contributed by atoms with Crippen molar-refractivity contribution in [2.45, 2.75) is 266 Å². The molecule has 9 nitrogen and oxygen atoms in total. The van der Waals surface area contributed by atoms with Crippen LogP contribution in [0, 0.1) is 17.8 Å². The molecular weight excluding hydrogens is 789 g/mol. The Balaban J connectivity index is 4.96. The average Bonchev–Trinajstić information content (AvgIpc) is 3.28. The largest absolute Gasteiger partial charge is 0.465 e. The van der Waals surface area contributed by atoms with E-state index in [1.54, 1.807) is 0 Å². The van der Waals surface area contributed by atoms with E-state index in [9.17, 15) is 19.2 Å². The number of esters is 3. The predicted octanol–water partition coefficient (Wildman–Crippen LogP) is 14.3. The zero-order valence-corrected chi connectivity index (χ0v) is 42.7. The molecule has 1 amide bonds. The van der Waals surface area contributed by atoms with Gasteiger partial charge in [-0.2, -0.15) is 0 Å². The third kappa shape index (κ3) is 35.7. The molecule has 372 valence electrons. The molecule has 3 atom stereocenters. The number of nitrogens with one attached hydrogen (secondary N) is 1. The highest BCUT2D eigenvalue weighted by atomic mass is 16.5. The lowest BCUT2D eigenvalue weighted by molar-refractivity contribution is -0.149. The van der Waals surface area contributed by atoms with Crippen molar-refractivity contribution in [1.29, 1.82) is 0 Å².